The van der Waals surface area contributed by atoms with Gasteiger partial charge in [0.05, 0.1) is 6.61 Å². The second-order valence-corrected chi connectivity index (χ2v) is 5.56. The minimum absolute atomic E-state index is 0.144. The zero-order valence-electron chi connectivity index (χ0n) is 13.3. The molecule has 1 fully saturated rings. The third kappa shape index (κ3) is 4.39. The third-order valence-electron chi connectivity index (χ3n) is 3.92. The lowest BCUT2D eigenvalue weighted by Crippen LogP contribution is -2.55. The molecule has 0 bridgehead atoms. The van der Waals surface area contributed by atoms with Gasteiger partial charge in [-0.1, -0.05) is 30.3 Å². The van der Waals surface area contributed by atoms with Crippen molar-refractivity contribution in [2.75, 3.05) is 32.8 Å². The molecule has 1 aliphatic heterocycles. The number of ketones is 1. The van der Waals surface area contributed by atoms with Crippen LogP contribution >= 0.6 is 0 Å². The van der Waals surface area contributed by atoms with Gasteiger partial charge in [-0.25, -0.2) is 4.79 Å². The molecule has 1 aromatic rings. The largest absolute Gasteiger partial charge is 0.464 e. The van der Waals surface area contributed by atoms with Crippen molar-refractivity contribution >= 4 is 11.8 Å². The second kappa shape index (κ2) is 8.06. The lowest BCUT2D eigenvalue weighted by molar-refractivity contribution is -0.153. The van der Waals surface area contributed by atoms with Crippen molar-refractivity contribution in [3.8, 4) is 0 Å². The van der Waals surface area contributed by atoms with Crippen molar-refractivity contribution in [3.05, 3.63) is 35.9 Å². The van der Waals surface area contributed by atoms with E-state index < -0.39 is 12.0 Å². The first kappa shape index (κ1) is 16.6. The van der Waals surface area contributed by atoms with Crippen molar-refractivity contribution in [2.24, 2.45) is 0 Å². The Labute approximate surface area is 131 Å². The topological polar surface area (TPSA) is 49.9 Å². The number of Topliss-reactive ketones (excluding diaryl/α,β-unsaturated/α-hetero) is 1. The number of hydrogen-bond acceptors (Lipinski definition) is 5. The smallest absolute Gasteiger partial charge is 0.331 e. The van der Waals surface area contributed by atoms with E-state index >= 15 is 0 Å². The van der Waals surface area contributed by atoms with Crippen molar-refractivity contribution in [3.63, 3.8) is 0 Å². The van der Waals surface area contributed by atoms with Crippen LogP contribution in [-0.2, 0) is 20.9 Å². The van der Waals surface area contributed by atoms with Crippen molar-refractivity contribution in [2.45, 2.75) is 26.4 Å². The molecule has 2 rings (SSSR count). The molecule has 0 amide bonds. The zero-order chi connectivity index (χ0) is 15.9. The van der Waals surface area contributed by atoms with Gasteiger partial charge in [-0.2, -0.15) is 0 Å². The first-order valence-electron chi connectivity index (χ1n) is 7.79. The first-order valence-corrected chi connectivity index (χ1v) is 7.79. The molecule has 22 heavy (non-hydrogen) atoms. The van der Waals surface area contributed by atoms with E-state index in [1.54, 1.807) is 6.92 Å². The molecule has 0 N–H and O–H groups in total. The summed E-state index contributed by atoms with van der Waals surface area (Å²) in [7, 11) is 0. The Hall–Kier alpha value is -1.72. The quantitative estimate of drug-likeness (QED) is 0.586. The fraction of sp³-hybridized carbons (Fsp3) is 0.529. The highest BCUT2D eigenvalue weighted by molar-refractivity contribution is 6.01. The summed E-state index contributed by atoms with van der Waals surface area (Å²) in [6, 6.07) is 9.57. The van der Waals surface area contributed by atoms with Gasteiger partial charge in [0.25, 0.3) is 0 Å². The zero-order valence-corrected chi connectivity index (χ0v) is 13.3. The lowest BCUT2D eigenvalue weighted by Gasteiger charge is -2.37. The Morgan fingerprint density at radius 2 is 1.77 bits per heavy atom. The summed E-state index contributed by atoms with van der Waals surface area (Å²) in [5, 5.41) is 0. The molecule has 0 aliphatic carbocycles. The molecule has 1 heterocycles. The highest BCUT2D eigenvalue weighted by Gasteiger charge is 2.33. The summed E-state index contributed by atoms with van der Waals surface area (Å²) in [5.74, 6) is -0.568. The molecular weight excluding hydrogens is 280 g/mol. The average molecular weight is 304 g/mol. The van der Waals surface area contributed by atoms with Crippen LogP contribution in [0.5, 0.6) is 0 Å². The van der Waals surface area contributed by atoms with Gasteiger partial charge in [-0.15, -0.1) is 0 Å². The van der Waals surface area contributed by atoms with Crippen LogP contribution in [0.25, 0.3) is 0 Å². The van der Waals surface area contributed by atoms with Crippen LogP contribution < -0.4 is 0 Å². The minimum atomic E-state index is -0.751. The standard InChI is InChI=1S/C17H24N2O3/c1-3-22-17(21)16(14(2)20)19-11-9-18(10-12-19)13-15-7-5-4-6-8-15/h4-8,16H,3,9-13H2,1-2H3. The van der Waals surface area contributed by atoms with E-state index in [0.29, 0.717) is 19.7 Å². The predicted octanol–water partition coefficient (Wildman–Crippen LogP) is 1.32. The van der Waals surface area contributed by atoms with Gasteiger partial charge in [0.15, 0.2) is 11.8 Å². The average Bonchev–Trinajstić information content (AvgIpc) is 2.50. The first-order chi connectivity index (χ1) is 10.6. The molecular formula is C17H24N2O3. The Balaban J connectivity index is 1.90. The fourth-order valence-electron chi connectivity index (χ4n) is 2.81. The van der Waals surface area contributed by atoms with Crippen LogP contribution in [0.1, 0.15) is 19.4 Å². The molecule has 120 valence electrons. The third-order valence-corrected chi connectivity index (χ3v) is 3.92. The summed E-state index contributed by atoms with van der Waals surface area (Å²) in [6.07, 6.45) is 0. The van der Waals surface area contributed by atoms with E-state index in [1.807, 2.05) is 23.1 Å². The van der Waals surface area contributed by atoms with Crippen LogP contribution in [0.2, 0.25) is 0 Å². The SMILES string of the molecule is CCOC(=O)C(C(C)=O)N1CCN(Cc2ccccc2)CC1. The van der Waals surface area contributed by atoms with Gasteiger partial charge in [0.1, 0.15) is 0 Å². The van der Waals surface area contributed by atoms with Crippen molar-refractivity contribution in [1.82, 2.24) is 9.80 Å². The number of hydrogen-bond donors (Lipinski definition) is 0. The van der Waals surface area contributed by atoms with E-state index in [9.17, 15) is 9.59 Å². The van der Waals surface area contributed by atoms with E-state index in [2.05, 4.69) is 17.0 Å². The molecule has 1 aliphatic rings. The molecule has 0 saturated carbocycles. The minimum Gasteiger partial charge on any atom is -0.464 e. The summed E-state index contributed by atoms with van der Waals surface area (Å²) in [6.45, 7) is 7.52. The maximum absolute atomic E-state index is 12.0. The van der Waals surface area contributed by atoms with Crippen LogP contribution in [0.15, 0.2) is 30.3 Å². The van der Waals surface area contributed by atoms with Crippen molar-refractivity contribution < 1.29 is 14.3 Å². The molecule has 1 atom stereocenters. The summed E-state index contributed by atoms with van der Waals surface area (Å²) in [5.41, 5.74) is 1.28. The van der Waals surface area contributed by atoms with E-state index in [4.69, 9.17) is 4.74 Å². The van der Waals surface area contributed by atoms with E-state index in [1.165, 1.54) is 12.5 Å². The number of piperazine rings is 1. The second-order valence-electron chi connectivity index (χ2n) is 5.56. The number of ether oxygens (including phenoxy) is 1. The monoisotopic (exact) mass is 304 g/mol. The van der Waals surface area contributed by atoms with Gasteiger partial charge in [-0.05, 0) is 19.4 Å². The summed E-state index contributed by atoms with van der Waals surface area (Å²) in [4.78, 5) is 28.0. The van der Waals surface area contributed by atoms with Crippen LogP contribution in [-0.4, -0.2) is 60.4 Å². The van der Waals surface area contributed by atoms with E-state index in [-0.39, 0.29) is 5.78 Å². The maximum Gasteiger partial charge on any atom is 0.331 e. The Morgan fingerprint density at radius 1 is 1.14 bits per heavy atom. The fourth-order valence-corrected chi connectivity index (χ4v) is 2.81. The molecule has 0 spiro atoms. The molecule has 1 aromatic carbocycles. The number of rotatable bonds is 6. The number of benzene rings is 1. The highest BCUT2D eigenvalue weighted by Crippen LogP contribution is 2.12. The van der Waals surface area contributed by atoms with Crippen molar-refractivity contribution in [1.29, 1.82) is 0 Å². The number of esters is 1. The van der Waals surface area contributed by atoms with Crippen LogP contribution in [0.4, 0.5) is 0 Å². The Morgan fingerprint density at radius 3 is 2.32 bits per heavy atom. The van der Waals surface area contributed by atoms with E-state index in [0.717, 1.165) is 19.6 Å². The maximum atomic E-state index is 12.0. The number of carbonyl (C=O) groups is 2. The summed E-state index contributed by atoms with van der Waals surface area (Å²) < 4.78 is 5.03. The molecule has 1 unspecified atom stereocenters. The predicted molar refractivity (Wildman–Crippen MR) is 84.4 cm³/mol. The molecule has 5 heteroatoms. The van der Waals surface area contributed by atoms with Gasteiger partial charge in [0.2, 0.25) is 0 Å². The van der Waals surface area contributed by atoms with Gasteiger partial charge in [-0.3, -0.25) is 14.6 Å². The molecule has 0 aromatic heterocycles. The molecule has 0 radical (unpaired) electrons. The molecule has 1 saturated heterocycles. The summed E-state index contributed by atoms with van der Waals surface area (Å²) >= 11 is 0. The van der Waals surface area contributed by atoms with Gasteiger partial charge in [0, 0.05) is 32.7 Å². The highest BCUT2D eigenvalue weighted by atomic mass is 16.5. The molecule has 5 nitrogen and oxygen atoms in total. The normalized spacial score (nSPS) is 17.9. The Bertz CT molecular complexity index is 496. The number of carbonyl (C=O) groups excluding carboxylic acids is 2. The number of nitrogens with zero attached hydrogens (tertiary/aromatic N) is 2. The van der Waals surface area contributed by atoms with Crippen LogP contribution in [0, 0.1) is 0 Å². The van der Waals surface area contributed by atoms with Gasteiger partial charge < -0.3 is 4.74 Å². The Kier molecular flexibility index (Phi) is 6.10. The van der Waals surface area contributed by atoms with Crippen LogP contribution in [0.3, 0.4) is 0 Å². The van der Waals surface area contributed by atoms with Gasteiger partial charge >= 0.3 is 5.97 Å². The lowest BCUT2D eigenvalue weighted by atomic mass is 10.1.